The first-order valence-corrected chi connectivity index (χ1v) is 15.9. The lowest BCUT2D eigenvalue weighted by atomic mass is 9.96. The van der Waals surface area contributed by atoms with Gasteiger partial charge in [-0.1, -0.05) is 0 Å². The number of halogens is 1. The van der Waals surface area contributed by atoms with Crippen LogP contribution in [-0.4, -0.2) is 74.5 Å². The molecule has 0 saturated carbocycles. The van der Waals surface area contributed by atoms with Crippen molar-refractivity contribution in [3.63, 3.8) is 0 Å². The van der Waals surface area contributed by atoms with Gasteiger partial charge >= 0.3 is 0 Å². The van der Waals surface area contributed by atoms with Gasteiger partial charge in [0.05, 0.1) is 32.0 Å². The first kappa shape index (κ1) is 26.4. The molecule has 7 nitrogen and oxygen atoms in total. The van der Waals surface area contributed by atoms with E-state index < -0.39 is 9.73 Å². The molecule has 2 saturated heterocycles. The molecule has 39 heavy (non-hydrogen) atoms. The first-order chi connectivity index (χ1) is 18.8. The van der Waals surface area contributed by atoms with Gasteiger partial charge in [0.25, 0.3) is 0 Å². The maximum atomic E-state index is 14.4. The fourth-order valence-corrected chi connectivity index (χ4v) is 9.03. The van der Waals surface area contributed by atoms with E-state index in [0.29, 0.717) is 29.0 Å². The molecule has 9 heteroatoms. The van der Waals surface area contributed by atoms with Gasteiger partial charge in [0.15, 0.2) is 0 Å². The van der Waals surface area contributed by atoms with Gasteiger partial charge in [0.2, 0.25) is 5.91 Å². The maximum Gasteiger partial charge on any atom is 0.219 e. The Bertz CT molecular complexity index is 1520. The highest BCUT2D eigenvalue weighted by Gasteiger charge is 2.29. The number of aromatic nitrogens is 2. The number of nitrogens with zero attached hydrogens (tertiary/aromatic N) is 5. The van der Waals surface area contributed by atoms with Gasteiger partial charge < -0.3 is 14.4 Å². The summed E-state index contributed by atoms with van der Waals surface area (Å²) in [5.74, 6) is 1.50. The van der Waals surface area contributed by atoms with Gasteiger partial charge in [0, 0.05) is 63.2 Å². The van der Waals surface area contributed by atoms with Crippen LogP contribution in [0.2, 0.25) is 0 Å². The summed E-state index contributed by atoms with van der Waals surface area (Å²) in [5.41, 5.74) is 4.08. The summed E-state index contributed by atoms with van der Waals surface area (Å²) in [6, 6.07) is 4.60. The minimum absolute atomic E-state index is 0.191. The van der Waals surface area contributed by atoms with E-state index in [9.17, 15) is 13.4 Å². The van der Waals surface area contributed by atoms with Gasteiger partial charge in [-0.15, -0.1) is 0 Å². The summed E-state index contributed by atoms with van der Waals surface area (Å²) in [7, 11) is -2.64. The van der Waals surface area contributed by atoms with Crippen LogP contribution in [0.1, 0.15) is 43.7 Å². The standard InChI is InChI=1S/C30H38FN5O2S/c1-21-16-32-17-28-30(21)25(14-24-6-10-34(19-24)18-23-7-11-35(12-8-23)22(2)37)20-36(28)27-5-4-26(31)15-29(27)39(38)13-3-9-33-39/h4-5,15-17,20,23-24H,3,6-14,18-19H2,1-2H3/t24-,39?/m0/s1. The van der Waals surface area contributed by atoms with Crippen molar-refractivity contribution in [1.82, 2.24) is 19.4 Å². The molecule has 2 aromatic heterocycles. The number of rotatable bonds is 6. The normalized spacial score (nSPS) is 24.5. The SMILES string of the molecule is CC(=O)N1CCC(CN2CC[C@@H](Cc3cn(-c4ccc(F)cc4S4(=O)=NCCC4)c4cncc(C)c34)C2)CC1. The fraction of sp³-hybridized carbons (Fsp3) is 0.533. The highest BCUT2D eigenvalue weighted by Crippen LogP contribution is 2.35. The molecule has 2 fully saturated rings. The highest BCUT2D eigenvalue weighted by molar-refractivity contribution is 7.94. The predicted molar refractivity (Wildman–Crippen MR) is 152 cm³/mol. The van der Waals surface area contributed by atoms with E-state index >= 15 is 0 Å². The molecule has 5 heterocycles. The summed E-state index contributed by atoms with van der Waals surface area (Å²) in [5, 5.41) is 1.19. The number of amides is 1. The molecule has 6 rings (SSSR count). The molecule has 0 radical (unpaired) electrons. The lowest BCUT2D eigenvalue weighted by Crippen LogP contribution is -2.40. The second kappa shape index (κ2) is 10.7. The molecular weight excluding hydrogens is 513 g/mol. The van der Waals surface area contributed by atoms with Crippen molar-refractivity contribution in [2.45, 2.75) is 50.8 Å². The second-order valence-corrected chi connectivity index (χ2v) is 14.0. The van der Waals surface area contributed by atoms with E-state index in [4.69, 9.17) is 0 Å². The molecule has 3 aliphatic heterocycles. The summed E-state index contributed by atoms with van der Waals surface area (Å²) in [6.45, 7) is 9.40. The monoisotopic (exact) mass is 551 g/mol. The summed E-state index contributed by atoms with van der Waals surface area (Å²) >= 11 is 0. The zero-order valence-electron chi connectivity index (χ0n) is 22.9. The van der Waals surface area contributed by atoms with E-state index in [2.05, 4.69) is 31.9 Å². The van der Waals surface area contributed by atoms with Crippen LogP contribution in [0.25, 0.3) is 16.6 Å². The lowest BCUT2D eigenvalue weighted by Gasteiger charge is -2.33. The minimum atomic E-state index is -2.64. The first-order valence-electron chi connectivity index (χ1n) is 14.2. The number of fused-ring (bicyclic) bond motifs is 1. The average molecular weight is 552 g/mol. The molecule has 0 N–H and O–H groups in total. The van der Waals surface area contributed by atoms with E-state index in [0.717, 1.165) is 81.6 Å². The number of carbonyl (C=O) groups is 1. The zero-order valence-corrected chi connectivity index (χ0v) is 23.8. The molecule has 1 unspecified atom stereocenters. The van der Waals surface area contributed by atoms with Crippen LogP contribution in [-0.2, 0) is 20.9 Å². The van der Waals surface area contributed by atoms with Crippen molar-refractivity contribution in [1.29, 1.82) is 0 Å². The molecule has 208 valence electrons. The van der Waals surface area contributed by atoms with Gasteiger partial charge in [-0.25, -0.2) is 13.0 Å². The van der Waals surface area contributed by atoms with Crippen molar-refractivity contribution in [2.75, 3.05) is 45.0 Å². The largest absolute Gasteiger partial charge is 0.343 e. The highest BCUT2D eigenvalue weighted by atomic mass is 32.2. The number of pyridine rings is 1. The molecular formula is C30H38FN5O2S. The minimum Gasteiger partial charge on any atom is -0.343 e. The van der Waals surface area contributed by atoms with Crippen molar-refractivity contribution in [3.8, 4) is 5.69 Å². The Hall–Kier alpha value is -2.78. The van der Waals surface area contributed by atoms with E-state index in [1.54, 1.807) is 13.0 Å². The molecule has 3 aromatic rings. The molecule has 3 aliphatic rings. The van der Waals surface area contributed by atoms with Crippen LogP contribution in [0, 0.1) is 24.6 Å². The predicted octanol–water partition coefficient (Wildman–Crippen LogP) is 4.83. The Morgan fingerprint density at radius 2 is 1.92 bits per heavy atom. The third-order valence-electron chi connectivity index (χ3n) is 8.84. The van der Waals surface area contributed by atoms with Crippen LogP contribution in [0.3, 0.4) is 0 Å². The van der Waals surface area contributed by atoms with Crippen molar-refractivity contribution < 1.29 is 13.4 Å². The second-order valence-electron chi connectivity index (χ2n) is 11.6. The number of piperidine rings is 1. The van der Waals surface area contributed by atoms with E-state index in [-0.39, 0.29) is 11.7 Å². The molecule has 0 bridgehead atoms. The summed E-state index contributed by atoms with van der Waals surface area (Å²) in [6.07, 6.45) is 11.0. The Morgan fingerprint density at radius 1 is 1.13 bits per heavy atom. The molecule has 2 atom stereocenters. The van der Waals surface area contributed by atoms with Crippen LogP contribution in [0.15, 0.2) is 46.0 Å². The summed E-state index contributed by atoms with van der Waals surface area (Å²) in [4.78, 5) is 21.2. The average Bonchev–Trinajstić information content (AvgIpc) is 3.65. The Kier molecular flexibility index (Phi) is 7.22. The van der Waals surface area contributed by atoms with Crippen molar-refractivity contribution in [2.24, 2.45) is 16.2 Å². The zero-order chi connectivity index (χ0) is 27.1. The smallest absolute Gasteiger partial charge is 0.219 e. The van der Waals surface area contributed by atoms with Crippen LogP contribution in [0.5, 0.6) is 0 Å². The van der Waals surface area contributed by atoms with Gasteiger partial charge in [0.1, 0.15) is 5.82 Å². The lowest BCUT2D eigenvalue weighted by molar-refractivity contribution is -0.130. The Balaban J connectivity index is 1.25. The molecule has 1 aromatic carbocycles. The number of aryl methyl sites for hydroxylation is 1. The van der Waals surface area contributed by atoms with Crippen LogP contribution >= 0.6 is 0 Å². The Morgan fingerprint density at radius 3 is 2.67 bits per heavy atom. The van der Waals surface area contributed by atoms with Crippen molar-refractivity contribution >= 4 is 26.5 Å². The number of hydrogen-bond donors (Lipinski definition) is 0. The molecule has 0 spiro atoms. The van der Waals surface area contributed by atoms with Gasteiger partial charge in [-0.3, -0.25) is 9.78 Å². The Labute approximate surface area is 230 Å². The maximum absolute atomic E-state index is 14.4. The van der Waals surface area contributed by atoms with E-state index in [1.165, 1.54) is 23.1 Å². The van der Waals surface area contributed by atoms with Crippen LogP contribution < -0.4 is 0 Å². The number of likely N-dealkylation sites (tertiary alicyclic amines) is 2. The number of carbonyl (C=O) groups excluding carboxylic acids is 1. The third-order valence-corrected chi connectivity index (χ3v) is 11.3. The van der Waals surface area contributed by atoms with Crippen molar-refractivity contribution in [3.05, 3.63) is 53.7 Å². The third kappa shape index (κ3) is 5.23. The summed E-state index contributed by atoms with van der Waals surface area (Å²) < 4.78 is 34.6. The van der Waals surface area contributed by atoms with E-state index in [1.807, 2.05) is 17.3 Å². The van der Waals surface area contributed by atoms with Gasteiger partial charge in [-0.05, 0) is 86.7 Å². The fourth-order valence-electron chi connectivity index (χ4n) is 6.81. The van der Waals surface area contributed by atoms with Gasteiger partial charge in [-0.2, -0.15) is 0 Å². The van der Waals surface area contributed by atoms with Crippen LogP contribution in [0.4, 0.5) is 4.39 Å². The number of benzene rings is 1. The topological polar surface area (TPSA) is 70.8 Å². The molecule has 0 aliphatic carbocycles. The molecule has 1 amide bonds. The quantitative estimate of drug-likeness (QED) is 0.440. The number of hydrogen-bond acceptors (Lipinski definition) is 5.